The van der Waals surface area contributed by atoms with Crippen molar-refractivity contribution in [1.82, 2.24) is 14.5 Å². The molecule has 0 radical (unpaired) electrons. The highest BCUT2D eigenvalue weighted by atomic mass is 32.2. The monoisotopic (exact) mass is 351 g/mol. The maximum absolute atomic E-state index is 12.5. The van der Waals surface area contributed by atoms with Gasteiger partial charge in [-0.3, -0.25) is 0 Å². The van der Waals surface area contributed by atoms with Crippen LogP contribution >= 0.6 is 0 Å². The Labute approximate surface area is 143 Å². The van der Waals surface area contributed by atoms with Crippen LogP contribution in [0.25, 0.3) is 0 Å². The second-order valence-corrected chi connectivity index (χ2v) is 8.65. The van der Waals surface area contributed by atoms with Gasteiger partial charge in [-0.1, -0.05) is 37.3 Å². The predicted molar refractivity (Wildman–Crippen MR) is 92.9 cm³/mol. The first-order chi connectivity index (χ1) is 11.5. The maximum Gasteiger partial charge on any atom is 0.317 e. The van der Waals surface area contributed by atoms with E-state index in [4.69, 9.17) is 0 Å². The van der Waals surface area contributed by atoms with Crippen molar-refractivity contribution in [1.29, 1.82) is 0 Å². The van der Waals surface area contributed by atoms with E-state index < -0.39 is 10.0 Å². The lowest BCUT2D eigenvalue weighted by molar-refractivity contribution is 0.198. The van der Waals surface area contributed by atoms with Crippen LogP contribution < -0.4 is 5.32 Å². The molecule has 2 amide bonds. The molecule has 0 bridgehead atoms. The summed E-state index contributed by atoms with van der Waals surface area (Å²) in [6.45, 7) is 4.63. The number of nitrogens with one attached hydrogen (secondary N) is 1. The molecule has 24 heavy (non-hydrogen) atoms. The molecule has 1 N–H and O–H groups in total. The summed E-state index contributed by atoms with van der Waals surface area (Å²) in [6.07, 6.45) is 1.28. The van der Waals surface area contributed by atoms with Gasteiger partial charge in [-0.25, -0.2) is 17.5 Å². The van der Waals surface area contributed by atoms with E-state index in [0.717, 1.165) is 12.0 Å². The van der Waals surface area contributed by atoms with Crippen LogP contribution in [0.2, 0.25) is 0 Å². The highest BCUT2D eigenvalue weighted by Crippen LogP contribution is 2.33. The lowest BCUT2D eigenvalue weighted by Crippen LogP contribution is -2.41. The Morgan fingerprint density at radius 3 is 2.62 bits per heavy atom. The van der Waals surface area contributed by atoms with Crippen molar-refractivity contribution in [2.75, 3.05) is 26.2 Å². The van der Waals surface area contributed by atoms with E-state index in [2.05, 4.69) is 5.32 Å². The summed E-state index contributed by atoms with van der Waals surface area (Å²) < 4.78 is 26.6. The van der Waals surface area contributed by atoms with E-state index >= 15 is 0 Å². The lowest BCUT2D eigenvalue weighted by atomic mass is 10.0. The minimum absolute atomic E-state index is 0.108. The molecular weight excluding hydrogens is 326 g/mol. The zero-order valence-corrected chi connectivity index (χ0v) is 14.8. The first-order valence-electron chi connectivity index (χ1n) is 8.58. The second kappa shape index (κ2) is 7.11. The summed E-state index contributed by atoms with van der Waals surface area (Å²) in [7, 11) is -3.19. The fourth-order valence-electron chi connectivity index (χ4n) is 3.69. The van der Waals surface area contributed by atoms with Gasteiger partial charge in [0.1, 0.15) is 0 Å². The predicted octanol–water partition coefficient (Wildman–Crippen LogP) is 1.64. The molecule has 2 fully saturated rings. The van der Waals surface area contributed by atoms with Crippen molar-refractivity contribution in [2.24, 2.45) is 5.92 Å². The number of nitrogens with zero attached hydrogens (tertiary/aromatic N) is 2. The third-order valence-corrected chi connectivity index (χ3v) is 7.60. The van der Waals surface area contributed by atoms with Crippen LogP contribution in [0.1, 0.15) is 25.3 Å². The number of sulfonamides is 1. The quantitative estimate of drug-likeness (QED) is 0.900. The molecule has 1 aromatic rings. The van der Waals surface area contributed by atoms with E-state index in [-0.39, 0.29) is 17.2 Å². The van der Waals surface area contributed by atoms with Crippen molar-refractivity contribution < 1.29 is 13.2 Å². The normalized spacial score (nSPS) is 26.6. The van der Waals surface area contributed by atoms with Crippen LogP contribution in [0.4, 0.5) is 4.79 Å². The second-order valence-electron chi connectivity index (χ2n) is 6.50. The molecule has 0 aliphatic carbocycles. The number of benzene rings is 1. The van der Waals surface area contributed by atoms with Gasteiger partial charge in [0.05, 0.1) is 5.25 Å². The number of hydrogen-bond acceptors (Lipinski definition) is 3. The SMILES string of the molecule is CCN1C[C@@H]2CCN(C(=O)NCc3ccccc3)CC[C@@H]2S1(=O)=O. The van der Waals surface area contributed by atoms with E-state index in [1.54, 1.807) is 9.21 Å². The number of urea groups is 1. The fraction of sp³-hybridized carbons (Fsp3) is 0.588. The van der Waals surface area contributed by atoms with Crippen LogP contribution in [0.5, 0.6) is 0 Å². The fourth-order valence-corrected chi connectivity index (χ4v) is 5.95. The highest BCUT2D eigenvalue weighted by Gasteiger charge is 2.46. The number of hydrogen-bond donors (Lipinski definition) is 1. The molecule has 0 spiro atoms. The number of rotatable bonds is 3. The van der Waals surface area contributed by atoms with E-state index in [1.165, 1.54) is 0 Å². The van der Waals surface area contributed by atoms with Crippen molar-refractivity contribution in [2.45, 2.75) is 31.6 Å². The molecule has 2 atom stereocenters. The molecule has 2 heterocycles. The van der Waals surface area contributed by atoms with Gasteiger partial charge in [-0.15, -0.1) is 0 Å². The smallest absolute Gasteiger partial charge is 0.317 e. The van der Waals surface area contributed by atoms with Crippen LogP contribution in [0.15, 0.2) is 30.3 Å². The van der Waals surface area contributed by atoms with Gasteiger partial charge in [0.25, 0.3) is 0 Å². The Balaban J connectivity index is 1.58. The van der Waals surface area contributed by atoms with E-state index in [9.17, 15) is 13.2 Å². The number of carbonyl (C=O) groups is 1. The van der Waals surface area contributed by atoms with Gasteiger partial charge in [0.15, 0.2) is 0 Å². The average Bonchev–Trinajstić information content (AvgIpc) is 2.73. The van der Waals surface area contributed by atoms with Gasteiger partial charge in [-0.05, 0) is 24.3 Å². The number of amides is 2. The number of fused-ring (bicyclic) bond motifs is 1. The molecule has 2 aliphatic heterocycles. The van der Waals surface area contributed by atoms with Gasteiger partial charge >= 0.3 is 6.03 Å². The Bertz CT molecular complexity index is 678. The average molecular weight is 351 g/mol. The third kappa shape index (κ3) is 3.42. The highest BCUT2D eigenvalue weighted by molar-refractivity contribution is 7.90. The number of carbonyl (C=O) groups excluding carboxylic acids is 1. The molecule has 2 aliphatic rings. The zero-order chi connectivity index (χ0) is 17.2. The summed E-state index contributed by atoms with van der Waals surface area (Å²) in [5, 5.41) is 2.60. The van der Waals surface area contributed by atoms with Crippen LogP contribution in [-0.2, 0) is 16.6 Å². The summed E-state index contributed by atoms with van der Waals surface area (Å²) in [5.74, 6) is 0.141. The topological polar surface area (TPSA) is 69.7 Å². The first-order valence-corrected chi connectivity index (χ1v) is 10.1. The minimum Gasteiger partial charge on any atom is -0.334 e. The molecule has 3 rings (SSSR count). The molecule has 1 aromatic carbocycles. The molecule has 0 saturated carbocycles. The van der Waals surface area contributed by atoms with Gasteiger partial charge < -0.3 is 10.2 Å². The zero-order valence-electron chi connectivity index (χ0n) is 14.0. The summed E-state index contributed by atoms with van der Waals surface area (Å²) >= 11 is 0. The van der Waals surface area contributed by atoms with Crippen LogP contribution in [0.3, 0.4) is 0 Å². The largest absolute Gasteiger partial charge is 0.334 e. The van der Waals surface area contributed by atoms with Crippen molar-refractivity contribution >= 4 is 16.1 Å². The molecule has 7 heteroatoms. The molecule has 6 nitrogen and oxygen atoms in total. The van der Waals surface area contributed by atoms with E-state index in [1.807, 2.05) is 37.3 Å². The van der Waals surface area contributed by atoms with Gasteiger partial charge in [0, 0.05) is 32.7 Å². The molecule has 132 valence electrons. The van der Waals surface area contributed by atoms with Gasteiger partial charge in [-0.2, -0.15) is 0 Å². The maximum atomic E-state index is 12.5. The molecule has 2 saturated heterocycles. The van der Waals surface area contributed by atoms with E-state index in [0.29, 0.717) is 39.1 Å². The Kier molecular flexibility index (Phi) is 5.10. The van der Waals surface area contributed by atoms with Gasteiger partial charge in [0.2, 0.25) is 10.0 Å². The Morgan fingerprint density at radius 1 is 1.21 bits per heavy atom. The molecular formula is C17H25N3O3S. The number of likely N-dealkylation sites (tertiary alicyclic amines) is 1. The standard InChI is InChI=1S/C17H25N3O3S/c1-2-20-13-15-8-10-19(11-9-16(15)24(20,22)23)17(21)18-12-14-6-4-3-5-7-14/h3-7,15-16H,2,8-13H2,1H3,(H,18,21)/t15-,16-/m0/s1. The summed E-state index contributed by atoms with van der Waals surface area (Å²) in [5.41, 5.74) is 1.05. The lowest BCUT2D eigenvalue weighted by Gasteiger charge is -2.22. The summed E-state index contributed by atoms with van der Waals surface area (Å²) in [6, 6.07) is 9.66. The Hall–Kier alpha value is -1.60. The van der Waals surface area contributed by atoms with Crippen molar-refractivity contribution in [3.8, 4) is 0 Å². The Morgan fingerprint density at radius 2 is 1.92 bits per heavy atom. The van der Waals surface area contributed by atoms with Crippen LogP contribution in [0, 0.1) is 5.92 Å². The summed E-state index contributed by atoms with van der Waals surface area (Å²) in [4.78, 5) is 14.1. The third-order valence-electron chi connectivity index (χ3n) is 5.09. The minimum atomic E-state index is -3.19. The molecule has 0 unspecified atom stereocenters. The van der Waals surface area contributed by atoms with Crippen molar-refractivity contribution in [3.05, 3.63) is 35.9 Å². The van der Waals surface area contributed by atoms with Crippen LogP contribution in [-0.4, -0.2) is 55.1 Å². The molecule has 0 aromatic heterocycles. The first kappa shape index (κ1) is 17.2. The van der Waals surface area contributed by atoms with Crippen molar-refractivity contribution in [3.63, 3.8) is 0 Å².